The van der Waals surface area contributed by atoms with Gasteiger partial charge in [-0.3, -0.25) is 4.79 Å². The van der Waals surface area contributed by atoms with Gasteiger partial charge >= 0.3 is 12.1 Å². The first-order valence-electron chi connectivity index (χ1n) is 16.1. The van der Waals surface area contributed by atoms with Crippen LogP contribution < -0.4 is 5.32 Å². The van der Waals surface area contributed by atoms with Crippen molar-refractivity contribution in [3.05, 3.63) is 65.5 Å². The second-order valence-electron chi connectivity index (χ2n) is 13.7. The number of nitrogens with zero attached hydrogens (tertiary/aromatic N) is 6. The summed E-state index contributed by atoms with van der Waals surface area (Å²) < 4.78 is 35.2. The second-order valence-corrected chi connectivity index (χ2v) is 15.6. The number of ether oxygens (including phenoxy) is 1. The molecule has 48 heavy (non-hydrogen) atoms. The summed E-state index contributed by atoms with van der Waals surface area (Å²) in [6.45, 7) is 9.93. The van der Waals surface area contributed by atoms with Crippen molar-refractivity contribution in [3.63, 3.8) is 0 Å². The third kappa shape index (κ3) is 7.51. The first-order chi connectivity index (χ1) is 22.6. The minimum Gasteiger partial charge on any atom is -0.479 e. The standard InChI is InChI=1S/C33H43N7O7S/c1-22-8-14-26(15-9-22)48(45,46)39-18-6-7-27(39)28-35-36-37-40(28)33(5,30(42)43)21-23-10-12-25(13-11-23)34-29(41)24-16-19-38(20-17-24)31(44)47-32(2,3)4/h8-15,24,27H,6-7,16-21H2,1-5H3,(H,34,41)(H,42,43)/t27?,33-/m0/s1. The average Bonchev–Trinajstić information content (AvgIpc) is 3.72. The van der Waals surface area contributed by atoms with E-state index < -0.39 is 33.2 Å². The Labute approximate surface area is 280 Å². The van der Waals surface area contributed by atoms with Crippen LogP contribution in [0.2, 0.25) is 0 Å². The average molecular weight is 682 g/mol. The number of tetrazole rings is 1. The fourth-order valence-electron chi connectivity index (χ4n) is 6.12. The smallest absolute Gasteiger partial charge is 0.410 e. The highest BCUT2D eigenvalue weighted by Crippen LogP contribution is 2.37. The highest BCUT2D eigenvalue weighted by Gasteiger charge is 2.45. The number of nitrogens with one attached hydrogen (secondary N) is 1. The van der Waals surface area contributed by atoms with Crippen molar-refractivity contribution in [3.8, 4) is 0 Å². The predicted molar refractivity (Wildman–Crippen MR) is 175 cm³/mol. The molecule has 2 saturated heterocycles. The quantitative estimate of drug-likeness (QED) is 0.334. The number of piperidine rings is 1. The molecule has 0 spiro atoms. The van der Waals surface area contributed by atoms with Crippen LogP contribution in [-0.4, -0.2) is 86.1 Å². The lowest BCUT2D eigenvalue weighted by Crippen LogP contribution is -2.44. The number of aliphatic carboxylic acids is 1. The van der Waals surface area contributed by atoms with Gasteiger partial charge in [-0.25, -0.2) is 22.7 Å². The van der Waals surface area contributed by atoms with Crippen LogP contribution in [0.3, 0.4) is 0 Å². The fourth-order valence-corrected chi connectivity index (χ4v) is 7.78. The molecule has 1 unspecified atom stereocenters. The van der Waals surface area contributed by atoms with Gasteiger partial charge in [0.25, 0.3) is 0 Å². The van der Waals surface area contributed by atoms with Gasteiger partial charge in [-0.1, -0.05) is 29.8 Å². The Hall–Kier alpha value is -4.37. The Morgan fingerprint density at radius 2 is 1.60 bits per heavy atom. The van der Waals surface area contributed by atoms with Gasteiger partial charge in [0, 0.05) is 37.7 Å². The molecule has 0 radical (unpaired) electrons. The van der Waals surface area contributed by atoms with Crippen LogP contribution in [-0.2, 0) is 36.3 Å². The topological polar surface area (TPSA) is 177 Å². The van der Waals surface area contributed by atoms with Crippen molar-refractivity contribution in [2.45, 2.75) is 88.8 Å². The lowest BCUT2D eigenvalue weighted by Gasteiger charge is -2.33. The second kappa shape index (κ2) is 13.6. The first kappa shape index (κ1) is 35.0. The van der Waals surface area contributed by atoms with E-state index in [-0.39, 0.29) is 41.6 Å². The molecule has 2 atom stereocenters. The number of anilines is 1. The van der Waals surface area contributed by atoms with Crippen LogP contribution in [0.25, 0.3) is 0 Å². The Morgan fingerprint density at radius 3 is 2.21 bits per heavy atom. The Morgan fingerprint density at radius 1 is 0.958 bits per heavy atom. The van der Waals surface area contributed by atoms with Crippen LogP contribution in [0.4, 0.5) is 10.5 Å². The molecule has 3 heterocycles. The number of aromatic nitrogens is 4. The lowest BCUT2D eigenvalue weighted by atomic mass is 9.92. The van der Waals surface area contributed by atoms with Gasteiger partial charge in [-0.2, -0.15) is 4.31 Å². The number of benzene rings is 2. The molecule has 0 aliphatic carbocycles. The molecule has 2 aliphatic rings. The molecule has 15 heteroatoms. The summed E-state index contributed by atoms with van der Waals surface area (Å²) >= 11 is 0. The number of hydrogen-bond acceptors (Lipinski definition) is 9. The summed E-state index contributed by atoms with van der Waals surface area (Å²) in [6, 6.07) is 12.7. The summed E-state index contributed by atoms with van der Waals surface area (Å²) in [5.41, 5.74) is -0.0909. The van der Waals surface area contributed by atoms with Crippen LogP contribution in [0.1, 0.15) is 76.4 Å². The van der Waals surface area contributed by atoms with Gasteiger partial charge in [-0.05, 0) is 101 Å². The minimum absolute atomic E-state index is 0.00480. The number of hydrogen-bond donors (Lipinski definition) is 2. The number of carboxylic acids is 1. The number of carbonyl (C=O) groups excluding carboxylic acids is 2. The molecular weight excluding hydrogens is 638 g/mol. The van der Waals surface area contributed by atoms with Gasteiger partial charge in [0.1, 0.15) is 5.60 Å². The number of sulfonamides is 1. The van der Waals surface area contributed by atoms with E-state index in [0.717, 1.165) is 5.56 Å². The van der Waals surface area contributed by atoms with E-state index in [2.05, 4.69) is 20.8 Å². The third-order valence-electron chi connectivity index (χ3n) is 8.84. The van der Waals surface area contributed by atoms with E-state index in [4.69, 9.17) is 4.74 Å². The molecule has 2 amide bonds. The zero-order chi connectivity index (χ0) is 34.9. The maximum absolute atomic E-state index is 13.6. The molecular formula is C33H43N7O7S. The summed E-state index contributed by atoms with van der Waals surface area (Å²) in [7, 11) is -3.89. The molecule has 3 aromatic rings. The maximum atomic E-state index is 13.6. The largest absolute Gasteiger partial charge is 0.479 e. The Balaban J connectivity index is 1.26. The van der Waals surface area contributed by atoms with Crippen molar-refractivity contribution in [2.24, 2.45) is 5.92 Å². The molecule has 2 aliphatic heterocycles. The van der Waals surface area contributed by atoms with Crippen LogP contribution in [0.15, 0.2) is 53.4 Å². The summed E-state index contributed by atoms with van der Waals surface area (Å²) in [5.74, 6) is -1.43. The van der Waals surface area contributed by atoms with E-state index in [9.17, 15) is 27.9 Å². The highest BCUT2D eigenvalue weighted by molar-refractivity contribution is 7.89. The van der Waals surface area contributed by atoms with E-state index in [1.807, 2.05) is 27.7 Å². The van der Waals surface area contributed by atoms with Gasteiger partial charge in [-0.15, -0.1) is 5.10 Å². The van der Waals surface area contributed by atoms with Gasteiger partial charge in [0.05, 0.1) is 10.9 Å². The van der Waals surface area contributed by atoms with Crippen molar-refractivity contribution in [2.75, 3.05) is 25.0 Å². The normalized spacial score (nSPS) is 19.1. The highest BCUT2D eigenvalue weighted by atomic mass is 32.2. The lowest BCUT2D eigenvalue weighted by molar-refractivity contribution is -0.147. The summed E-state index contributed by atoms with van der Waals surface area (Å²) in [6.07, 6.45) is 1.65. The molecule has 258 valence electrons. The molecule has 2 aromatic carbocycles. The monoisotopic (exact) mass is 681 g/mol. The number of carbonyl (C=O) groups is 3. The molecule has 0 saturated carbocycles. The van der Waals surface area contributed by atoms with Crippen molar-refractivity contribution in [1.29, 1.82) is 0 Å². The SMILES string of the molecule is Cc1ccc(S(=O)(=O)N2CCCC2c2nnnn2[C@@](C)(Cc2ccc(NC(=O)C3CCN(C(=O)OC(C)(C)C)CC3)cc2)C(=O)O)cc1. The number of rotatable bonds is 9. The summed E-state index contributed by atoms with van der Waals surface area (Å²) in [4.78, 5) is 39.9. The van der Waals surface area contributed by atoms with Crippen LogP contribution in [0.5, 0.6) is 0 Å². The molecule has 2 N–H and O–H groups in total. The molecule has 14 nitrogen and oxygen atoms in total. The zero-order valence-electron chi connectivity index (χ0n) is 27.9. The van der Waals surface area contributed by atoms with E-state index >= 15 is 0 Å². The Bertz CT molecular complexity index is 1750. The van der Waals surface area contributed by atoms with Gasteiger partial charge in [0.15, 0.2) is 11.4 Å². The van der Waals surface area contributed by atoms with Crippen LogP contribution in [0, 0.1) is 12.8 Å². The predicted octanol–water partition coefficient (Wildman–Crippen LogP) is 4.14. The maximum Gasteiger partial charge on any atom is 0.410 e. The molecule has 0 bridgehead atoms. The molecule has 5 rings (SSSR count). The van der Waals surface area contributed by atoms with Gasteiger partial charge in [0.2, 0.25) is 15.9 Å². The van der Waals surface area contributed by atoms with Crippen molar-refractivity contribution >= 4 is 33.7 Å². The molecule has 1 aromatic heterocycles. The zero-order valence-corrected chi connectivity index (χ0v) is 28.7. The van der Waals surface area contributed by atoms with E-state index in [1.165, 1.54) is 15.9 Å². The van der Waals surface area contributed by atoms with E-state index in [0.29, 0.717) is 50.0 Å². The number of aryl methyl sites for hydroxylation is 1. The van der Waals surface area contributed by atoms with E-state index in [1.54, 1.807) is 53.4 Å². The first-order valence-corrected chi connectivity index (χ1v) is 17.5. The number of carboxylic acid groups (broad SMARTS) is 1. The fraction of sp³-hybridized carbons (Fsp3) is 0.515. The van der Waals surface area contributed by atoms with Gasteiger partial charge < -0.3 is 20.1 Å². The molecule has 2 fully saturated rings. The number of amides is 2. The Kier molecular flexibility index (Phi) is 9.92. The van der Waals surface area contributed by atoms with Crippen molar-refractivity contribution < 1.29 is 32.6 Å². The van der Waals surface area contributed by atoms with Crippen molar-refractivity contribution in [1.82, 2.24) is 29.4 Å². The minimum atomic E-state index is -3.89. The number of likely N-dealkylation sites (tertiary alicyclic amines) is 1. The summed E-state index contributed by atoms with van der Waals surface area (Å²) in [5, 5.41) is 25.4. The third-order valence-corrected chi connectivity index (χ3v) is 10.8. The van der Waals surface area contributed by atoms with Crippen LogP contribution >= 0.6 is 0 Å².